The average Bonchev–Trinajstić information content (AvgIpc) is 3.29. The zero-order valence-electron chi connectivity index (χ0n) is 40.7. The monoisotopic (exact) mass is 919 g/mol. The third-order valence-electron chi connectivity index (χ3n) is 10.6. The van der Waals surface area contributed by atoms with Crippen LogP contribution in [0.5, 0.6) is 0 Å². The van der Waals surface area contributed by atoms with Crippen molar-refractivity contribution in [2.75, 3.05) is 33.0 Å². The smallest absolute Gasteiger partial charge is 0.457 e. The topological polar surface area (TPSA) is 132 Å². The van der Waals surface area contributed by atoms with Crippen LogP contribution in [0.2, 0.25) is 0 Å². The van der Waals surface area contributed by atoms with Gasteiger partial charge in [-0.25, -0.2) is 4.57 Å². The molecule has 0 aliphatic carbocycles. The van der Waals surface area contributed by atoms with Crippen molar-refractivity contribution in [3.8, 4) is 0 Å². The molecular weight excluding hydrogens is 824 g/mol. The summed E-state index contributed by atoms with van der Waals surface area (Å²) in [5.41, 5.74) is 0. The number of rotatable bonds is 48. The van der Waals surface area contributed by atoms with E-state index in [2.05, 4.69) is 86.8 Å². The number of phosphoric ester groups is 1. The highest BCUT2D eigenvalue weighted by molar-refractivity contribution is 7.47. The van der Waals surface area contributed by atoms with Crippen LogP contribution >= 0.6 is 7.82 Å². The van der Waals surface area contributed by atoms with Gasteiger partial charge in [-0.15, -0.1) is 0 Å². The number of aliphatic hydroxyl groups is 2. The molecule has 0 aliphatic heterocycles. The van der Waals surface area contributed by atoms with Crippen LogP contribution in [0.15, 0.2) is 85.1 Å². The van der Waals surface area contributed by atoms with Gasteiger partial charge >= 0.3 is 13.8 Å². The van der Waals surface area contributed by atoms with Gasteiger partial charge in [0.1, 0.15) is 12.2 Å². The van der Waals surface area contributed by atoms with Crippen molar-refractivity contribution in [3.63, 3.8) is 0 Å². The summed E-state index contributed by atoms with van der Waals surface area (Å²) in [6.45, 7) is 3.31. The van der Waals surface area contributed by atoms with Crippen LogP contribution in [0.4, 0.5) is 0 Å². The second-order valence-electron chi connectivity index (χ2n) is 16.8. The molecule has 0 spiro atoms. The number of allylic oxidation sites excluding steroid dienone is 14. The molecule has 0 aromatic carbocycles. The number of aliphatic hydroxyl groups excluding tert-OH is 2. The van der Waals surface area contributed by atoms with Gasteiger partial charge in [0, 0.05) is 13.0 Å². The molecule has 0 bridgehead atoms. The van der Waals surface area contributed by atoms with Gasteiger partial charge in [-0.05, 0) is 77.0 Å². The molecule has 0 saturated carbocycles. The summed E-state index contributed by atoms with van der Waals surface area (Å²) in [7, 11) is -4.55. The Morgan fingerprint density at radius 3 is 1.34 bits per heavy atom. The van der Waals surface area contributed by atoms with Crippen LogP contribution in [-0.2, 0) is 27.9 Å². The molecule has 3 atom stereocenters. The van der Waals surface area contributed by atoms with Crippen molar-refractivity contribution in [3.05, 3.63) is 85.1 Å². The zero-order chi connectivity index (χ0) is 46.7. The Kier molecular flexibility index (Phi) is 48.2. The highest BCUT2D eigenvalue weighted by Crippen LogP contribution is 2.43. The van der Waals surface area contributed by atoms with Crippen molar-refractivity contribution >= 4 is 13.8 Å². The molecule has 64 heavy (non-hydrogen) atoms. The quantitative estimate of drug-likeness (QED) is 0.0236. The molecule has 0 fully saturated rings. The second-order valence-corrected chi connectivity index (χ2v) is 18.3. The maximum Gasteiger partial charge on any atom is 0.472 e. The first-order chi connectivity index (χ1) is 31.3. The maximum atomic E-state index is 12.6. The molecule has 3 N–H and O–H groups in total. The standard InChI is InChI=1S/C54H95O9P/c1-3-5-7-9-11-13-15-17-19-21-23-24-25-26-27-29-31-33-35-37-39-41-43-45-47-60-50-53(51-62-64(58,59)61-49-52(56)48-55)63-54(57)46-44-42-40-38-36-34-32-30-28-22-20-18-16-14-12-10-8-6-4-2/h6,8,12,14,18,20-21,23,28,30,34,36,40,42,52-53,55-56H,3-5,7,9-11,13,15-17,19,22,24-27,29,31-33,35,37-39,41,43-51H2,1-2H3,(H,58,59)/b8-6-,14-12-,20-18-,23-21-,30-28-,36-34-,42-40-. The minimum Gasteiger partial charge on any atom is -0.457 e. The number of hydrogen-bond donors (Lipinski definition) is 3. The summed E-state index contributed by atoms with van der Waals surface area (Å²) in [5.74, 6) is -0.464. The van der Waals surface area contributed by atoms with E-state index in [0.29, 0.717) is 13.0 Å². The molecule has 9 nitrogen and oxygen atoms in total. The summed E-state index contributed by atoms with van der Waals surface area (Å²) < 4.78 is 33.4. The predicted octanol–water partition coefficient (Wildman–Crippen LogP) is 15.0. The normalized spacial score (nSPS) is 14.5. The minimum absolute atomic E-state index is 0.0149. The van der Waals surface area contributed by atoms with Gasteiger partial charge in [-0.3, -0.25) is 13.8 Å². The van der Waals surface area contributed by atoms with Crippen LogP contribution in [0.25, 0.3) is 0 Å². The third-order valence-corrected chi connectivity index (χ3v) is 11.5. The molecule has 3 unspecified atom stereocenters. The lowest BCUT2D eigenvalue weighted by Crippen LogP contribution is -2.29. The second kappa shape index (κ2) is 50.1. The van der Waals surface area contributed by atoms with Gasteiger partial charge in [0.15, 0.2) is 0 Å². The van der Waals surface area contributed by atoms with Gasteiger partial charge in [-0.1, -0.05) is 208 Å². The van der Waals surface area contributed by atoms with Gasteiger partial charge in [0.25, 0.3) is 0 Å². The predicted molar refractivity (Wildman–Crippen MR) is 269 cm³/mol. The van der Waals surface area contributed by atoms with Crippen LogP contribution in [0.3, 0.4) is 0 Å². The lowest BCUT2D eigenvalue weighted by Gasteiger charge is -2.20. The highest BCUT2D eigenvalue weighted by Gasteiger charge is 2.26. The van der Waals surface area contributed by atoms with Crippen LogP contribution in [0, 0.1) is 0 Å². The first-order valence-corrected chi connectivity index (χ1v) is 27.1. The van der Waals surface area contributed by atoms with E-state index in [-0.39, 0.29) is 13.0 Å². The zero-order valence-corrected chi connectivity index (χ0v) is 41.6. The van der Waals surface area contributed by atoms with Gasteiger partial charge in [0.2, 0.25) is 0 Å². The molecule has 0 rings (SSSR count). The summed E-state index contributed by atoms with van der Waals surface area (Å²) in [4.78, 5) is 22.6. The van der Waals surface area contributed by atoms with E-state index in [1.807, 2.05) is 12.2 Å². The molecule has 0 aromatic heterocycles. The fourth-order valence-corrected chi connectivity index (χ4v) is 7.52. The summed E-state index contributed by atoms with van der Waals surface area (Å²) >= 11 is 0. The SMILES string of the molecule is CC/C=C\C/C=C\C/C=C\C/C=C\C/C=C\C/C=C\CCC(=O)OC(COCCCCCCCCCCCCCC/C=C\CCCCCCCCCC)COP(=O)(O)OCC(O)CO. The van der Waals surface area contributed by atoms with E-state index in [9.17, 15) is 19.4 Å². The van der Waals surface area contributed by atoms with Crippen LogP contribution < -0.4 is 0 Å². The first-order valence-electron chi connectivity index (χ1n) is 25.6. The molecule has 370 valence electrons. The van der Waals surface area contributed by atoms with Crippen molar-refractivity contribution in [2.45, 2.75) is 219 Å². The highest BCUT2D eigenvalue weighted by atomic mass is 31.2. The summed E-state index contributed by atoms with van der Waals surface area (Å²) in [6, 6.07) is 0. The van der Waals surface area contributed by atoms with Crippen molar-refractivity contribution in [2.24, 2.45) is 0 Å². The van der Waals surface area contributed by atoms with Crippen molar-refractivity contribution < 1.29 is 43.0 Å². The number of carbonyl (C=O) groups is 1. The lowest BCUT2D eigenvalue weighted by molar-refractivity contribution is -0.154. The average molecular weight is 919 g/mol. The van der Waals surface area contributed by atoms with E-state index in [0.717, 1.165) is 57.8 Å². The van der Waals surface area contributed by atoms with Crippen LogP contribution in [-0.4, -0.2) is 66.3 Å². The molecule has 0 amide bonds. The van der Waals surface area contributed by atoms with E-state index in [1.165, 1.54) is 122 Å². The fraction of sp³-hybridized carbons (Fsp3) is 0.722. The third kappa shape index (κ3) is 49.1. The summed E-state index contributed by atoms with van der Waals surface area (Å²) in [6.07, 6.45) is 62.9. The van der Waals surface area contributed by atoms with Crippen molar-refractivity contribution in [1.82, 2.24) is 0 Å². The van der Waals surface area contributed by atoms with E-state index >= 15 is 0 Å². The Bertz CT molecular complexity index is 1270. The number of hydrogen-bond acceptors (Lipinski definition) is 8. The Morgan fingerprint density at radius 1 is 0.500 bits per heavy atom. The van der Waals surface area contributed by atoms with Gasteiger partial charge in [0.05, 0.1) is 26.4 Å². The number of unbranched alkanes of at least 4 members (excludes halogenated alkanes) is 20. The number of carbonyl (C=O) groups excluding carboxylic acids is 1. The van der Waals surface area contributed by atoms with E-state index in [1.54, 1.807) is 0 Å². The molecule has 0 aromatic rings. The molecule has 0 saturated heterocycles. The van der Waals surface area contributed by atoms with Gasteiger partial charge in [-0.2, -0.15) is 0 Å². The molecule has 10 heteroatoms. The van der Waals surface area contributed by atoms with E-state index in [4.69, 9.17) is 23.6 Å². The Hall–Kier alpha value is -2.36. The Morgan fingerprint density at radius 2 is 0.891 bits per heavy atom. The summed E-state index contributed by atoms with van der Waals surface area (Å²) in [5, 5.41) is 18.4. The minimum atomic E-state index is -4.55. The first kappa shape index (κ1) is 61.6. The number of esters is 1. The molecular formula is C54H95O9P. The Labute approximate surface area is 392 Å². The van der Waals surface area contributed by atoms with E-state index < -0.39 is 45.8 Å². The number of ether oxygens (including phenoxy) is 2. The molecule has 0 radical (unpaired) electrons. The lowest BCUT2D eigenvalue weighted by atomic mass is 10.0. The number of phosphoric acid groups is 1. The van der Waals surface area contributed by atoms with Crippen molar-refractivity contribution in [1.29, 1.82) is 0 Å². The Balaban J connectivity index is 4.16. The van der Waals surface area contributed by atoms with Gasteiger partial charge < -0.3 is 24.6 Å². The largest absolute Gasteiger partial charge is 0.472 e. The maximum absolute atomic E-state index is 12.6. The molecule has 0 heterocycles. The van der Waals surface area contributed by atoms with Crippen LogP contribution in [0.1, 0.15) is 206 Å². The fourth-order valence-electron chi connectivity index (χ4n) is 6.73. The molecule has 0 aliphatic rings.